The van der Waals surface area contributed by atoms with Crippen LogP contribution >= 0.6 is 15.9 Å². The molecular weight excluding hydrogens is 423 g/mol. The highest BCUT2D eigenvalue weighted by Gasteiger charge is 2.26. The third-order valence-electron chi connectivity index (χ3n) is 3.72. The largest absolute Gasteiger partial charge is 0.320 e. The molecule has 0 atom stereocenters. The number of nitrogens with zero attached hydrogens (tertiary/aromatic N) is 5. The summed E-state index contributed by atoms with van der Waals surface area (Å²) in [4.78, 5) is 22.9. The molecule has 0 fully saturated rings. The van der Waals surface area contributed by atoms with Gasteiger partial charge in [-0.05, 0) is 28.9 Å². The molecular formula is C16H14BrFN6O3. The molecule has 0 radical (unpaired) electrons. The highest BCUT2D eigenvalue weighted by Crippen LogP contribution is 2.23. The first-order valence-corrected chi connectivity index (χ1v) is 8.68. The van der Waals surface area contributed by atoms with Crippen LogP contribution < -0.4 is 5.32 Å². The Labute approximate surface area is 161 Å². The fourth-order valence-electron chi connectivity index (χ4n) is 2.40. The fourth-order valence-corrected chi connectivity index (χ4v) is 2.81. The average molecular weight is 437 g/mol. The lowest BCUT2D eigenvalue weighted by Crippen LogP contribution is -2.16. The molecule has 0 saturated carbocycles. The summed E-state index contributed by atoms with van der Waals surface area (Å²) in [5.41, 5.74) is -0.267. The Hall–Kier alpha value is -3.08. The van der Waals surface area contributed by atoms with Gasteiger partial charge in [0, 0.05) is 18.3 Å². The van der Waals surface area contributed by atoms with Crippen LogP contribution in [0.2, 0.25) is 0 Å². The van der Waals surface area contributed by atoms with Gasteiger partial charge in [-0.2, -0.15) is 10.2 Å². The summed E-state index contributed by atoms with van der Waals surface area (Å²) in [6.45, 7) is 2.29. The zero-order valence-electron chi connectivity index (χ0n) is 14.1. The second-order valence-corrected chi connectivity index (χ2v) is 6.40. The molecule has 27 heavy (non-hydrogen) atoms. The highest BCUT2D eigenvalue weighted by atomic mass is 79.9. The molecule has 9 nitrogen and oxygen atoms in total. The molecule has 140 valence electrons. The summed E-state index contributed by atoms with van der Waals surface area (Å²) in [5.74, 6) is -0.974. The Morgan fingerprint density at radius 3 is 2.70 bits per heavy atom. The molecule has 0 bridgehead atoms. The number of hydrogen-bond donors (Lipinski definition) is 1. The van der Waals surface area contributed by atoms with Gasteiger partial charge in [-0.25, -0.2) is 4.39 Å². The predicted molar refractivity (Wildman–Crippen MR) is 97.9 cm³/mol. The van der Waals surface area contributed by atoms with E-state index >= 15 is 0 Å². The van der Waals surface area contributed by atoms with Gasteiger partial charge in [-0.1, -0.05) is 18.2 Å². The van der Waals surface area contributed by atoms with Gasteiger partial charge in [0.1, 0.15) is 12.0 Å². The summed E-state index contributed by atoms with van der Waals surface area (Å²) in [7, 11) is 0. The van der Waals surface area contributed by atoms with Crippen molar-refractivity contribution in [2.45, 2.75) is 20.0 Å². The van der Waals surface area contributed by atoms with E-state index < -0.39 is 16.5 Å². The summed E-state index contributed by atoms with van der Waals surface area (Å²) in [5, 5.41) is 21.7. The molecule has 1 N–H and O–H groups in total. The number of rotatable bonds is 6. The Kier molecular flexibility index (Phi) is 5.31. The quantitative estimate of drug-likeness (QED) is 0.471. The van der Waals surface area contributed by atoms with E-state index in [-0.39, 0.29) is 23.9 Å². The minimum atomic E-state index is -0.759. The van der Waals surface area contributed by atoms with E-state index in [9.17, 15) is 19.3 Å². The van der Waals surface area contributed by atoms with E-state index in [1.165, 1.54) is 21.6 Å². The fraction of sp³-hybridized carbons (Fsp3) is 0.188. The van der Waals surface area contributed by atoms with Crippen molar-refractivity contribution in [3.8, 4) is 0 Å². The van der Waals surface area contributed by atoms with Gasteiger partial charge in [0.2, 0.25) is 5.69 Å². The van der Waals surface area contributed by atoms with Gasteiger partial charge in [0.15, 0.2) is 5.82 Å². The molecule has 2 heterocycles. The number of carbonyl (C=O) groups is 1. The highest BCUT2D eigenvalue weighted by molar-refractivity contribution is 9.10. The first kappa shape index (κ1) is 18.7. The van der Waals surface area contributed by atoms with Crippen molar-refractivity contribution in [3.63, 3.8) is 0 Å². The first-order chi connectivity index (χ1) is 12.9. The van der Waals surface area contributed by atoms with Crippen LogP contribution in [0.15, 0.2) is 41.1 Å². The van der Waals surface area contributed by atoms with E-state index in [0.29, 0.717) is 16.6 Å². The normalized spacial score (nSPS) is 10.8. The topological polar surface area (TPSA) is 108 Å². The molecule has 0 unspecified atom stereocenters. The molecule has 0 aliphatic heterocycles. The molecule has 2 aromatic heterocycles. The van der Waals surface area contributed by atoms with Crippen LogP contribution in [0.4, 0.5) is 15.9 Å². The van der Waals surface area contributed by atoms with Crippen molar-refractivity contribution >= 4 is 33.3 Å². The lowest BCUT2D eigenvalue weighted by Gasteiger charge is -2.03. The SMILES string of the molecule is CCn1cc([N+](=O)[O-])c(C(=O)Nc2nn(Cc3ccccc3F)cc2Br)n1. The Morgan fingerprint density at radius 2 is 2.04 bits per heavy atom. The zero-order chi connectivity index (χ0) is 19.6. The number of nitrogens with one attached hydrogen (secondary N) is 1. The number of amides is 1. The maximum absolute atomic E-state index is 13.8. The van der Waals surface area contributed by atoms with Crippen LogP contribution in [-0.4, -0.2) is 30.4 Å². The number of aryl methyl sites for hydroxylation is 1. The number of aromatic nitrogens is 4. The van der Waals surface area contributed by atoms with Crippen molar-refractivity contribution < 1.29 is 14.1 Å². The van der Waals surface area contributed by atoms with E-state index in [2.05, 4.69) is 31.4 Å². The summed E-state index contributed by atoms with van der Waals surface area (Å²) < 4.78 is 17.0. The lowest BCUT2D eigenvalue weighted by atomic mass is 10.2. The summed E-state index contributed by atoms with van der Waals surface area (Å²) >= 11 is 3.27. The van der Waals surface area contributed by atoms with Crippen LogP contribution in [0.5, 0.6) is 0 Å². The molecule has 0 spiro atoms. The smallest absolute Gasteiger partial charge is 0.302 e. The van der Waals surface area contributed by atoms with E-state index in [1.54, 1.807) is 31.3 Å². The summed E-state index contributed by atoms with van der Waals surface area (Å²) in [6.07, 6.45) is 2.77. The van der Waals surface area contributed by atoms with Crippen molar-refractivity contribution in [1.82, 2.24) is 19.6 Å². The number of hydrogen-bond acceptors (Lipinski definition) is 5. The van der Waals surface area contributed by atoms with Crippen molar-refractivity contribution in [2.75, 3.05) is 5.32 Å². The van der Waals surface area contributed by atoms with Gasteiger partial charge in [-0.3, -0.25) is 24.3 Å². The van der Waals surface area contributed by atoms with Crippen LogP contribution in [-0.2, 0) is 13.1 Å². The first-order valence-electron chi connectivity index (χ1n) is 7.88. The van der Waals surface area contributed by atoms with Crippen LogP contribution in [0, 0.1) is 15.9 Å². The number of anilines is 1. The minimum Gasteiger partial charge on any atom is -0.302 e. The van der Waals surface area contributed by atoms with Gasteiger partial charge in [-0.15, -0.1) is 0 Å². The van der Waals surface area contributed by atoms with E-state index in [4.69, 9.17) is 0 Å². The van der Waals surface area contributed by atoms with Crippen LogP contribution in [0.3, 0.4) is 0 Å². The second-order valence-electron chi connectivity index (χ2n) is 5.54. The number of benzene rings is 1. The Morgan fingerprint density at radius 1 is 1.30 bits per heavy atom. The molecule has 3 rings (SSSR count). The minimum absolute atomic E-state index is 0.150. The maximum Gasteiger partial charge on any atom is 0.320 e. The van der Waals surface area contributed by atoms with Crippen molar-refractivity contribution in [3.05, 3.63) is 68.3 Å². The van der Waals surface area contributed by atoms with Gasteiger partial charge in [0.25, 0.3) is 5.91 Å². The Bertz CT molecular complexity index is 1020. The number of carbonyl (C=O) groups excluding carboxylic acids is 1. The molecule has 0 saturated heterocycles. The predicted octanol–water partition coefficient (Wildman–Crippen LogP) is 3.21. The summed E-state index contributed by atoms with van der Waals surface area (Å²) in [6, 6.07) is 6.28. The average Bonchev–Trinajstić information content (AvgIpc) is 3.21. The molecule has 0 aliphatic carbocycles. The second kappa shape index (κ2) is 7.66. The third-order valence-corrected chi connectivity index (χ3v) is 4.30. The van der Waals surface area contributed by atoms with E-state index in [0.717, 1.165) is 0 Å². The molecule has 11 heteroatoms. The lowest BCUT2D eigenvalue weighted by molar-refractivity contribution is -0.385. The molecule has 3 aromatic rings. The number of halogens is 2. The van der Waals surface area contributed by atoms with Gasteiger partial charge in [0.05, 0.1) is 15.9 Å². The van der Waals surface area contributed by atoms with Crippen molar-refractivity contribution in [2.24, 2.45) is 0 Å². The number of nitro groups is 1. The zero-order valence-corrected chi connectivity index (χ0v) is 15.7. The monoisotopic (exact) mass is 436 g/mol. The molecule has 0 aliphatic rings. The van der Waals surface area contributed by atoms with Gasteiger partial charge < -0.3 is 5.32 Å². The third kappa shape index (κ3) is 4.03. The standard InChI is InChI=1S/C16H14BrFN6O3/c1-2-22-9-13(24(26)27)14(20-22)16(25)19-15-11(17)8-23(21-15)7-10-5-3-4-6-12(10)18/h3-6,8-9H,2,7H2,1H3,(H,19,21,25). The Balaban J connectivity index is 1.81. The van der Waals surface area contributed by atoms with Crippen LogP contribution in [0.25, 0.3) is 0 Å². The van der Waals surface area contributed by atoms with E-state index in [1.807, 2.05) is 0 Å². The molecule has 1 aromatic carbocycles. The van der Waals surface area contributed by atoms with Crippen LogP contribution in [0.1, 0.15) is 23.0 Å². The van der Waals surface area contributed by atoms with Crippen molar-refractivity contribution in [1.29, 1.82) is 0 Å². The molecule has 1 amide bonds. The maximum atomic E-state index is 13.8. The van der Waals surface area contributed by atoms with Gasteiger partial charge >= 0.3 is 5.69 Å².